The Balaban J connectivity index is 0. The van der Waals surface area contributed by atoms with Crippen LogP contribution in [0.5, 0.6) is 0 Å². The summed E-state index contributed by atoms with van der Waals surface area (Å²) in [5, 5.41) is 0. The van der Waals surface area contributed by atoms with Gasteiger partial charge in [0.2, 0.25) is 0 Å². The van der Waals surface area contributed by atoms with Crippen LogP contribution < -0.4 is 18.9 Å². The first-order chi connectivity index (χ1) is 1.41. The molecule has 0 nitrogen and oxygen atoms in total. The van der Waals surface area contributed by atoms with E-state index in [2.05, 4.69) is 15.5 Å². The van der Waals surface area contributed by atoms with Crippen molar-refractivity contribution in [2.75, 3.05) is 0 Å². The van der Waals surface area contributed by atoms with Gasteiger partial charge in [-0.25, -0.2) is 0 Å². The molecule has 0 bridgehead atoms. The molecule has 0 fully saturated rings. The van der Waals surface area contributed by atoms with Gasteiger partial charge in [-0.3, -0.25) is 15.5 Å². The van der Waals surface area contributed by atoms with E-state index >= 15 is 0 Å². The maximum Gasteiger partial charge on any atom is 1.00 e. The second-order valence-corrected chi connectivity index (χ2v) is 0.192. The zero-order valence-corrected chi connectivity index (χ0v) is 2.73. The molecule has 0 aliphatic heterocycles. The van der Waals surface area contributed by atoms with Crippen molar-refractivity contribution in [3.63, 3.8) is 0 Å². The van der Waals surface area contributed by atoms with E-state index in [-0.39, 0.29) is 18.9 Å². The van der Waals surface area contributed by atoms with Crippen molar-refractivity contribution in [3.8, 4) is 0 Å². The molecule has 0 amide bonds. The fraction of sp³-hybridized carbons (Fsp3) is 0. The Morgan fingerprint density at radius 1 is 1.25 bits per heavy atom. The van der Waals surface area contributed by atoms with Crippen LogP contribution in [-0.4, -0.2) is 22.5 Å². The van der Waals surface area contributed by atoms with Crippen LogP contribution in [0.1, 0.15) is 0 Å². The van der Waals surface area contributed by atoms with Crippen molar-refractivity contribution in [1.82, 2.24) is 0 Å². The molecule has 0 atom stereocenters. The predicted octanol–water partition coefficient (Wildman–Crippen LogP) is -4.14. The third-order valence-electron chi connectivity index (χ3n) is 0. The van der Waals surface area contributed by atoms with Gasteiger partial charge in [0.05, 0.1) is 0 Å². The van der Waals surface area contributed by atoms with Gasteiger partial charge < -0.3 is 7.06 Å². The van der Waals surface area contributed by atoms with Gasteiger partial charge in [-0.1, -0.05) is 0 Å². The van der Waals surface area contributed by atoms with Crippen molar-refractivity contribution in [1.29, 1.82) is 0 Å². The molecule has 0 aromatic carbocycles. The van der Waals surface area contributed by atoms with Gasteiger partial charge >= 0.3 is 18.9 Å². The molecule has 10 valence electrons. The minimum Gasteiger partial charge on any atom is -0.452 e. The van der Waals surface area contributed by atoms with Crippen molar-refractivity contribution >= 4 is 22.5 Å². The molecular formula is B3Li. The minimum atomic E-state index is 0. The Labute approximate surface area is 41.9 Å². The summed E-state index contributed by atoms with van der Waals surface area (Å²) in [4.78, 5) is 0. The first-order valence-corrected chi connectivity index (χ1v) is 0.667. The topological polar surface area (TPSA) is 0 Å². The van der Waals surface area contributed by atoms with E-state index < -0.39 is 0 Å². The van der Waals surface area contributed by atoms with Crippen molar-refractivity contribution in [2.24, 2.45) is 0 Å². The Kier molecular flexibility index (Phi) is 20.3. The summed E-state index contributed by atoms with van der Waals surface area (Å²) in [5.74, 6) is 0. The van der Waals surface area contributed by atoms with Crippen LogP contribution in [0.15, 0.2) is 0 Å². The number of rotatable bonds is 0. The van der Waals surface area contributed by atoms with Crippen LogP contribution in [0.2, 0.25) is 0 Å². The van der Waals surface area contributed by atoms with Gasteiger partial charge in [-0.05, 0) is 0 Å². The van der Waals surface area contributed by atoms with Crippen LogP contribution in [0.3, 0.4) is 0 Å². The van der Waals surface area contributed by atoms with Gasteiger partial charge in [-0.15, -0.1) is 0 Å². The van der Waals surface area contributed by atoms with E-state index in [0.29, 0.717) is 0 Å². The summed E-state index contributed by atoms with van der Waals surface area (Å²) < 4.78 is 0. The molecule has 0 aliphatic rings. The normalized spacial score (nSPS) is 4.00. The van der Waals surface area contributed by atoms with Crippen LogP contribution in [0.25, 0.3) is 0 Å². The Morgan fingerprint density at radius 2 is 1.25 bits per heavy atom. The molecule has 0 spiro atoms. The summed E-state index contributed by atoms with van der Waals surface area (Å²) in [6.45, 7) is 0. The first kappa shape index (κ1) is 8.84. The Bertz CT molecular complexity index is 3.25. The molecule has 6 radical (unpaired) electrons. The zero-order chi connectivity index (χ0) is 2.71. The molecule has 0 unspecified atom stereocenters. The quantitative estimate of drug-likeness (QED) is 0.240. The molecule has 0 N–H and O–H groups in total. The molecule has 0 heterocycles. The Hall–Kier alpha value is 0.792. The van der Waals surface area contributed by atoms with E-state index in [0.717, 1.165) is 7.06 Å². The van der Waals surface area contributed by atoms with E-state index in [9.17, 15) is 0 Å². The molecule has 4 heteroatoms. The van der Waals surface area contributed by atoms with Crippen LogP contribution in [-0.2, 0) is 0 Å². The van der Waals surface area contributed by atoms with Gasteiger partial charge in [0.15, 0.2) is 0 Å². The van der Waals surface area contributed by atoms with Crippen molar-refractivity contribution < 1.29 is 18.9 Å². The summed E-state index contributed by atoms with van der Waals surface area (Å²) in [7, 11) is 10.0. The first-order valence-electron chi connectivity index (χ1n) is 0.667. The summed E-state index contributed by atoms with van der Waals surface area (Å²) in [6, 6.07) is 0. The minimum absolute atomic E-state index is 0. The monoisotopic (exact) mass is 40.0 g/mol. The van der Waals surface area contributed by atoms with Crippen LogP contribution in [0.4, 0.5) is 0 Å². The maximum absolute atomic E-state index is 4.50. The number of hydrogen-bond acceptors (Lipinski definition) is 0. The molecular weight excluding hydrogens is 39.4 g/mol. The van der Waals surface area contributed by atoms with Gasteiger partial charge in [0.1, 0.15) is 0 Å². The zero-order valence-electron chi connectivity index (χ0n) is 2.73. The third kappa shape index (κ3) is 14.3. The van der Waals surface area contributed by atoms with Crippen LogP contribution in [0, 0.1) is 0 Å². The van der Waals surface area contributed by atoms with Crippen molar-refractivity contribution in [3.05, 3.63) is 0 Å². The average Bonchev–Trinajstić information content (AvgIpc) is 0.918. The smallest absolute Gasteiger partial charge is 0.452 e. The van der Waals surface area contributed by atoms with Crippen LogP contribution >= 0.6 is 0 Å². The molecule has 0 saturated carbocycles. The van der Waals surface area contributed by atoms with Gasteiger partial charge in [0.25, 0.3) is 0 Å². The summed E-state index contributed by atoms with van der Waals surface area (Å²) in [6.07, 6.45) is 0. The van der Waals surface area contributed by atoms with Gasteiger partial charge in [0, 0.05) is 0 Å². The average molecular weight is 39.4 g/mol. The molecule has 0 aromatic heterocycles. The van der Waals surface area contributed by atoms with E-state index in [1.165, 1.54) is 0 Å². The molecule has 0 saturated heterocycles. The summed E-state index contributed by atoms with van der Waals surface area (Å²) >= 11 is 0. The van der Waals surface area contributed by atoms with E-state index in [1.54, 1.807) is 0 Å². The summed E-state index contributed by atoms with van der Waals surface area (Å²) in [5.41, 5.74) is 0. The Morgan fingerprint density at radius 3 is 1.25 bits per heavy atom. The van der Waals surface area contributed by atoms with E-state index in [4.69, 9.17) is 0 Å². The van der Waals surface area contributed by atoms with Gasteiger partial charge in [-0.2, -0.15) is 0 Å². The largest absolute Gasteiger partial charge is 1.00 e. The predicted molar refractivity (Wildman–Crippen MR) is 17.3 cm³/mol. The molecule has 0 aromatic rings. The SMILES string of the molecule is [B][B-][B].[Li+]. The van der Waals surface area contributed by atoms with Crippen molar-refractivity contribution in [2.45, 2.75) is 0 Å². The molecule has 0 rings (SSSR count). The van der Waals surface area contributed by atoms with E-state index in [1.807, 2.05) is 0 Å². The molecule has 4 heavy (non-hydrogen) atoms. The fourth-order valence-corrected chi connectivity index (χ4v) is 0. The molecule has 0 aliphatic carbocycles. The third-order valence-corrected chi connectivity index (χ3v) is 0. The number of hydrogen-bond donors (Lipinski definition) is 0. The second-order valence-electron chi connectivity index (χ2n) is 0.192. The maximum atomic E-state index is 4.50. The fourth-order valence-electron chi connectivity index (χ4n) is 0. The standard InChI is InChI=1S/B3.Li/c1-3-2;/q-1;+1. The second kappa shape index (κ2) is 9.20.